The molecule has 0 aromatic heterocycles. The minimum absolute atomic E-state index is 0.0486. The minimum atomic E-state index is 0.0486. The van der Waals surface area contributed by atoms with E-state index in [0.29, 0.717) is 10.0 Å². The van der Waals surface area contributed by atoms with Crippen LogP contribution in [0.4, 0.5) is 0 Å². The molecule has 0 spiro atoms. The lowest BCUT2D eigenvalue weighted by molar-refractivity contribution is 0.590. The van der Waals surface area contributed by atoms with Gasteiger partial charge in [-0.25, -0.2) is 0 Å². The average molecular weight is 231 g/mol. The molecule has 0 aliphatic rings. The molecular formula is C12H16Cl2. The number of hydrogen-bond donors (Lipinski definition) is 0. The van der Waals surface area contributed by atoms with Crippen molar-refractivity contribution in [3.63, 3.8) is 0 Å². The summed E-state index contributed by atoms with van der Waals surface area (Å²) in [6.07, 6.45) is 0.920. The molecule has 0 fully saturated rings. The fraction of sp³-hybridized carbons (Fsp3) is 0.500. The second kappa shape index (κ2) is 4.12. The molecule has 78 valence electrons. The van der Waals surface area contributed by atoms with Crippen LogP contribution in [0.25, 0.3) is 0 Å². The maximum atomic E-state index is 6.23. The summed E-state index contributed by atoms with van der Waals surface area (Å²) < 4.78 is 0. The van der Waals surface area contributed by atoms with Crippen LogP contribution < -0.4 is 0 Å². The zero-order valence-electron chi connectivity index (χ0n) is 9.12. The molecular weight excluding hydrogens is 215 g/mol. The van der Waals surface area contributed by atoms with Crippen LogP contribution in [0.15, 0.2) is 12.1 Å². The summed E-state index contributed by atoms with van der Waals surface area (Å²) in [7, 11) is 0. The summed E-state index contributed by atoms with van der Waals surface area (Å²) in [4.78, 5) is 0. The summed E-state index contributed by atoms with van der Waals surface area (Å²) in [6.45, 7) is 8.48. The maximum Gasteiger partial charge on any atom is 0.0632 e. The third-order valence-electron chi connectivity index (χ3n) is 2.35. The highest BCUT2D eigenvalue weighted by atomic mass is 35.5. The van der Waals surface area contributed by atoms with Crippen LogP contribution in [0.1, 0.15) is 38.8 Å². The molecule has 0 radical (unpaired) electrons. The zero-order chi connectivity index (χ0) is 10.9. The van der Waals surface area contributed by atoms with E-state index >= 15 is 0 Å². The van der Waals surface area contributed by atoms with Gasteiger partial charge < -0.3 is 0 Å². The average Bonchev–Trinajstić information content (AvgIpc) is 2.07. The summed E-state index contributed by atoms with van der Waals surface area (Å²) in [5, 5.41) is 1.42. The van der Waals surface area contributed by atoms with Gasteiger partial charge in [-0.1, -0.05) is 63.0 Å². The maximum absolute atomic E-state index is 6.23. The number of aryl methyl sites for hydroxylation is 1. The van der Waals surface area contributed by atoms with E-state index in [2.05, 4.69) is 39.8 Å². The Morgan fingerprint density at radius 2 is 1.64 bits per heavy atom. The lowest BCUT2D eigenvalue weighted by atomic mass is 9.86. The normalized spacial score (nSPS) is 11.9. The van der Waals surface area contributed by atoms with Gasteiger partial charge in [0.15, 0.2) is 0 Å². The van der Waals surface area contributed by atoms with Crippen LogP contribution in [-0.4, -0.2) is 0 Å². The summed E-state index contributed by atoms with van der Waals surface area (Å²) in [5.41, 5.74) is 2.28. The van der Waals surface area contributed by atoms with E-state index in [-0.39, 0.29) is 5.41 Å². The fourth-order valence-corrected chi connectivity index (χ4v) is 2.21. The molecule has 0 amide bonds. The van der Waals surface area contributed by atoms with Gasteiger partial charge in [0.1, 0.15) is 0 Å². The van der Waals surface area contributed by atoms with E-state index in [1.807, 2.05) is 0 Å². The van der Waals surface area contributed by atoms with Crippen LogP contribution in [-0.2, 0) is 11.8 Å². The second-order valence-electron chi connectivity index (χ2n) is 4.50. The standard InChI is InChI=1S/C12H16Cl2/c1-5-8-6-7-9(12(2,3)4)11(14)10(8)13/h6-7H,5H2,1-4H3. The van der Waals surface area contributed by atoms with Crippen molar-refractivity contribution in [3.8, 4) is 0 Å². The van der Waals surface area contributed by atoms with Gasteiger partial charge in [-0.05, 0) is 23.0 Å². The molecule has 0 nitrogen and oxygen atoms in total. The van der Waals surface area contributed by atoms with Crippen LogP contribution in [0, 0.1) is 0 Å². The minimum Gasteiger partial charge on any atom is -0.0824 e. The Balaban J connectivity index is 3.31. The van der Waals surface area contributed by atoms with E-state index in [1.54, 1.807) is 0 Å². The molecule has 1 aromatic carbocycles. The Labute approximate surface area is 96.2 Å². The third kappa shape index (κ3) is 2.24. The molecule has 0 aliphatic heterocycles. The topological polar surface area (TPSA) is 0 Å². The van der Waals surface area contributed by atoms with Gasteiger partial charge in [0, 0.05) is 0 Å². The first-order valence-corrected chi connectivity index (χ1v) is 5.61. The Bertz CT molecular complexity index is 335. The molecule has 0 aliphatic carbocycles. The van der Waals surface area contributed by atoms with E-state index in [9.17, 15) is 0 Å². The van der Waals surface area contributed by atoms with E-state index < -0.39 is 0 Å². The summed E-state index contributed by atoms with van der Waals surface area (Å²) in [6, 6.07) is 4.14. The van der Waals surface area contributed by atoms with Crippen molar-refractivity contribution in [2.45, 2.75) is 39.5 Å². The first-order valence-electron chi connectivity index (χ1n) is 4.85. The number of benzene rings is 1. The quantitative estimate of drug-likeness (QED) is 0.647. The molecule has 14 heavy (non-hydrogen) atoms. The van der Waals surface area contributed by atoms with Crippen molar-refractivity contribution in [1.29, 1.82) is 0 Å². The molecule has 0 atom stereocenters. The van der Waals surface area contributed by atoms with Gasteiger partial charge >= 0.3 is 0 Å². The SMILES string of the molecule is CCc1ccc(C(C)(C)C)c(Cl)c1Cl. The highest BCUT2D eigenvalue weighted by Crippen LogP contribution is 2.36. The van der Waals surface area contributed by atoms with Crippen molar-refractivity contribution >= 4 is 23.2 Å². The smallest absolute Gasteiger partial charge is 0.0632 e. The Morgan fingerprint density at radius 3 is 2.07 bits per heavy atom. The first kappa shape index (κ1) is 11.9. The number of rotatable bonds is 1. The molecule has 0 saturated heterocycles. The Morgan fingerprint density at radius 1 is 1.07 bits per heavy atom. The van der Waals surface area contributed by atoms with Crippen LogP contribution in [0.3, 0.4) is 0 Å². The van der Waals surface area contributed by atoms with Gasteiger partial charge in [0.25, 0.3) is 0 Å². The van der Waals surface area contributed by atoms with E-state index in [1.165, 1.54) is 0 Å². The monoisotopic (exact) mass is 230 g/mol. The number of hydrogen-bond acceptors (Lipinski definition) is 0. The Hall–Kier alpha value is -0.200. The lowest BCUT2D eigenvalue weighted by Gasteiger charge is -2.22. The molecule has 0 N–H and O–H groups in total. The van der Waals surface area contributed by atoms with E-state index in [0.717, 1.165) is 17.5 Å². The first-order chi connectivity index (χ1) is 6.38. The third-order valence-corrected chi connectivity index (χ3v) is 3.27. The van der Waals surface area contributed by atoms with Crippen LogP contribution >= 0.6 is 23.2 Å². The number of halogens is 2. The highest BCUT2D eigenvalue weighted by Gasteiger charge is 2.19. The molecule has 1 aromatic rings. The summed E-state index contributed by atoms with van der Waals surface area (Å²) >= 11 is 12.4. The molecule has 0 heterocycles. The van der Waals surface area contributed by atoms with Gasteiger partial charge in [-0.15, -0.1) is 0 Å². The largest absolute Gasteiger partial charge is 0.0824 e. The molecule has 0 unspecified atom stereocenters. The van der Waals surface area contributed by atoms with Crippen LogP contribution in [0.2, 0.25) is 10.0 Å². The van der Waals surface area contributed by atoms with Gasteiger partial charge in [0.2, 0.25) is 0 Å². The van der Waals surface area contributed by atoms with Gasteiger partial charge in [-0.3, -0.25) is 0 Å². The molecule has 1 rings (SSSR count). The lowest BCUT2D eigenvalue weighted by Crippen LogP contribution is -2.12. The van der Waals surface area contributed by atoms with Gasteiger partial charge in [0.05, 0.1) is 10.0 Å². The van der Waals surface area contributed by atoms with E-state index in [4.69, 9.17) is 23.2 Å². The molecule has 0 saturated carbocycles. The molecule has 0 bridgehead atoms. The zero-order valence-corrected chi connectivity index (χ0v) is 10.6. The van der Waals surface area contributed by atoms with Crippen molar-refractivity contribution in [2.75, 3.05) is 0 Å². The van der Waals surface area contributed by atoms with Gasteiger partial charge in [-0.2, -0.15) is 0 Å². The van der Waals surface area contributed by atoms with Crippen LogP contribution in [0.5, 0.6) is 0 Å². The highest BCUT2D eigenvalue weighted by molar-refractivity contribution is 6.43. The predicted octanol–water partition coefficient (Wildman–Crippen LogP) is 4.85. The molecule has 2 heteroatoms. The fourth-order valence-electron chi connectivity index (χ4n) is 1.44. The predicted molar refractivity (Wildman–Crippen MR) is 64.5 cm³/mol. The summed E-state index contributed by atoms with van der Waals surface area (Å²) in [5.74, 6) is 0. The van der Waals surface area contributed by atoms with Crippen molar-refractivity contribution < 1.29 is 0 Å². The Kier molecular flexibility index (Phi) is 3.49. The van der Waals surface area contributed by atoms with Crippen molar-refractivity contribution in [3.05, 3.63) is 33.3 Å². The van der Waals surface area contributed by atoms with Crippen molar-refractivity contribution in [1.82, 2.24) is 0 Å². The van der Waals surface area contributed by atoms with Crippen molar-refractivity contribution in [2.24, 2.45) is 0 Å². The second-order valence-corrected chi connectivity index (χ2v) is 5.26.